The Balaban J connectivity index is 1.76. The molecule has 2 aromatic rings. The summed E-state index contributed by atoms with van der Waals surface area (Å²) >= 11 is 7.25. The Bertz CT molecular complexity index is 832. The second-order valence-electron chi connectivity index (χ2n) is 4.70. The Morgan fingerprint density at radius 2 is 2.00 bits per heavy atom. The van der Waals surface area contributed by atoms with Crippen molar-refractivity contribution in [2.24, 2.45) is 0 Å². The van der Waals surface area contributed by atoms with Crippen LogP contribution in [-0.4, -0.2) is 18.5 Å². The lowest BCUT2D eigenvalue weighted by Crippen LogP contribution is -2.20. The monoisotopic (exact) mass is 372 g/mol. The van der Waals surface area contributed by atoms with Gasteiger partial charge in [-0.15, -0.1) is 0 Å². The number of thioether (sulfide) groups is 1. The molecule has 126 valence electrons. The average molecular weight is 373 g/mol. The van der Waals surface area contributed by atoms with Gasteiger partial charge in [0.25, 0.3) is 5.91 Å². The number of halogens is 1. The lowest BCUT2D eigenvalue weighted by atomic mass is 10.2. The molecule has 0 saturated carbocycles. The molecule has 2 rings (SSSR count). The Morgan fingerprint density at radius 3 is 2.68 bits per heavy atom. The first-order valence-electron chi connectivity index (χ1n) is 7.13. The van der Waals surface area contributed by atoms with Gasteiger partial charge < -0.3 is 10.1 Å². The van der Waals surface area contributed by atoms with E-state index in [9.17, 15) is 9.59 Å². The highest BCUT2D eigenvalue weighted by Crippen LogP contribution is 2.20. The first-order chi connectivity index (χ1) is 12.1. The molecule has 1 N–H and O–H groups in total. The Hall–Kier alpha value is -2.75. The normalized spacial score (nSPS) is 10.2. The van der Waals surface area contributed by atoms with Crippen LogP contribution < -0.4 is 5.32 Å². The van der Waals surface area contributed by atoms with Gasteiger partial charge in [-0.2, -0.15) is 5.26 Å². The van der Waals surface area contributed by atoms with Gasteiger partial charge in [0.1, 0.15) is 6.07 Å². The van der Waals surface area contributed by atoms with Crippen molar-refractivity contribution < 1.29 is 14.3 Å². The number of benzene rings is 2. The van der Waals surface area contributed by atoms with Crippen LogP contribution in [0.3, 0.4) is 0 Å². The minimum absolute atomic E-state index is 0.234. The molecule has 2 aromatic carbocycles. The van der Waals surface area contributed by atoms with E-state index in [4.69, 9.17) is 21.6 Å². The number of hydrogen-bond donors (Lipinski definition) is 1. The molecule has 0 aliphatic heterocycles. The fourth-order valence-electron chi connectivity index (χ4n) is 1.73. The predicted molar refractivity (Wildman–Crippen MR) is 97.2 cm³/mol. The van der Waals surface area contributed by atoms with Crippen molar-refractivity contribution in [3.8, 4) is 6.07 Å². The Kier molecular flexibility index (Phi) is 7.08. The number of rotatable bonds is 6. The van der Waals surface area contributed by atoms with Gasteiger partial charge in [0.15, 0.2) is 6.61 Å². The van der Waals surface area contributed by atoms with E-state index in [0.29, 0.717) is 11.3 Å². The number of esters is 1. The number of anilines is 1. The van der Waals surface area contributed by atoms with Gasteiger partial charge in [-0.05, 0) is 35.7 Å². The molecular weight excluding hydrogens is 360 g/mol. The molecular formula is C18H13ClN2O3S. The van der Waals surface area contributed by atoms with E-state index in [-0.39, 0.29) is 5.02 Å². The first kappa shape index (κ1) is 18.6. The maximum absolute atomic E-state index is 11.8. The molecule has 25 heavy (non-hydrogen) atoms. The fourth-order valence-corrected chi connectivity index (χ4v) is 2.61. The van der Waals surface area contributed by atoms with Crippen LogP contribution >= 0.6 is 23.4 Å². The van der Waals surface area contributed by atoms with E-state index >= 15 is 0 Å². The molecule has 0 atom stereocenters. The number of carbonyl (C=O) groups is 2. The van der Waals surface area contributed by atoms with Gasteiger partial charge in [0.05, 0.1) is 10.6 Å². The minimum atomic E-state index is -0.614. The third-order valence-electron chi connectivity index (χ3n) is 2.87. The smallest absolute Gasteiger partial charge is 0.331 e. The van der Waals surface area contributed by atoms with Crippen molar-refractivity contribution in [2.45, 2.75) is 4.90 Å². The van der Waals surface area contributed by atoms with Gasteiger partial charge in [-0.3, -0.25) is 4.79 Å². The quantitative estimate of drug-likeness (QED) is 0.471. The summed E-state index contributed by atoms with van der Waals surface area (Å²) in [4.78, 5) is 24.3. The van der Waals surface area contributed by atoms with E-state index in [1.54, 1.807) is 11.5 Å². The Labute approximate surface area is 154 Å². The topological polar surface area (TPSA) is 79.2 Å². The third kappa shape index (κ3) is 6.34. The molecule has 0 saturated heterocycles. The zero-order chi connectivity index (χ0) is 18.1. The summed E-state index contributed by atoms with van der Waals surface area (Å²) in [6.45, 7) is -0.420. The van der Waals surface area contributed by atoms with Gasteiger partial charge >= 0.3 is 5.97 Å². The molecule has 0 unspecified atom stereocenters. The lowest BCUT2D eigenvalue weighted by molar-refractivity contribution is -0.142. The van der Waals surface area contributed by atoms with Gasteiger partial charge in [0, 0.05) is 16.7 Å². The summed E-state index contributed by atoms with van der Waals surface area (Å²) < 4.78 is 4.85. The maximum Gasteiger partial charge on any atom is 0.331 e. The van der Waals surface area contributed by atoms with Crippen LogP contribution in [-0.2, 0) is 14.3 Å². The number of carbonyl (C=O) groups excluding carboxylic acids is 2. The van der Waals surface area contributed by atoms with Gasteiger partial charge in [-0.1, -0.05) is 41.6 Å². The third-order valence-corrected chi connectivity index (χ3v) is 4.00. The summed E-state index contributed by atoms with van der Waals surface area (Å²) in [5, 5.41) is 13.2. The van der Waals surface area contributed by atoms with Crippen LogP contribution in [0.25, 0.3) is 0 Å². The summed E-state index contributed by atoms with van der Waals surface area (Å²) in [7, 11) is 0. The number of ether oxygens (including phenoxy) is 1. The summed E-state index contributed by atoms with van der Waals surface area (Å²) in [5.41, 5.74) is 0.729. The highest BCUT2D eigenvalue weighted by Gasteiger charge is 2.07. The number of nitrogens with zero attached hydrogens (tertiary/aromatic N) is 1. The van der Waals surface area contributed by atoms with E-state index < -0.39 is 18.5 Å². The molecule has 5 nitrogen and oxygen atoms in total. The van der Waals surface area contributed by atoms with Crippen LogP contribution in [0.2, 0.25) is 5.02 Å². The molecule has 0 aliphatic rings. The van der Waals surface area contributed by atoms with E-state index in [0.717, 1.165) is 4.90 Å². The number of amides is 1. The standard InChI is InChI=1S/C18H13ClN2O3S/c19-16-10-14(7-6-13(16)11-20)21-17(22)12-24-18(23)8-9-25-15-4-2-1-3-5-15/h1-10H,12H2,(H,21,22)/b9-8+. The molecule has 0 bridgehead atoms. The van der Waals surface area contributed by atoms with E-state index in [1.165, 1.54) is 30.0 Å². The summed E-state index contributed by atoms with van der Waals surface area (Å²) in [5.74, 6) is -1.12. The van der Waals surface area contributed by atoms with Crippen molar-refractivity contribution in [1.82, 2.24) is 0 Å². The van der Waals surface area contributed by atoms with E-state index in [2.05, 4.69) is 5.32 Å². The molecule has 7 heteroatoms. The second-order valence-corrected chi connectivity index (χ2v) is 6.08. The van der Waals surface area contributed by atoms with Crippen molar-refractivity contribution in [3.63, 3.8) is 0 Å². The summed E-state index contributed by atoms with van der Waals surface area (Å²) in [6.07, 6.45) is 1.25. The van der Waals surface area contributed by atoms with Crippen molar-refractivity contribution in [1.29, 1.82) is 5.26 Å². The maximum atomic E-state index is 11.8. The Morgan fingerprint density at radius 1 is 1.24 bits per heavy atom. The second kappa shape index (κ2) is 9.52. The zero-order valence-electron chi connectivity index (χ0n) is 12.9. The highest BCUT2D eigenvalue weighted by molar-refractivity contribution is 8.02. The van der Waals surface area contributed by atoms with Crippen molar-refractivity contribution in [2.75, 3.05) is 11.9 Å². The molecule has 0 fully saturated rings. The van der Waals surface area contributed by atoms with Gasteiger partial charge in [-0.25, -0.2) is 4.79 Å². The molecule has 0 heterocycles. The molecule has 1 amide bonds. The molecule has 0 radical (unpaired) electrons. The molecule has 0 aliphatic carbocycles. The number of nitriles is 1. The first-order valence-corrected chi connectivity index (χ1v) is 8.39. The lowest BCUT2D eigenvalue weighted by Gasteiger charge is -2.06. The van der Waals surface area contributed by atoms with Crippen LogP contribution in [0.5, 0.6) is 0 Å². The largest absolute Gasteiger partial charge is 0.452 e. The van der Waals surface area contributed by atoms with Crippen LogP contribution in [0.15, 0.2) is 64.9 Å². The number of nitrogens with one attached hydrogen (secondary N) is 1. The highest BCUT2D eigenvalue weighted by atomic mass is 35.5. The van der Waals surface area contributed by atoms with E-state index in [1.807, 2.05) is 36.4 Å². The molecule has 0 spiro atoms. The van der Waals surface area contributed by atoms with Crippen molar-refractivity contribution in [3.05, 3.63) is 70.6 Å². The SMILES string of the molecule is N#Cc1ccc(NC(=O)COC(=O)/C=C/Sc2ccccc2)cc1Cl. The van der Waals surface area contributed by atoms with Gasteiger partial charge in [0.2, 0.25) is 0 Å². The predicted octanol–water partition coefficient (Wildman–Crippen LogP) is 4.00. The molecule has 0 aromatic heterocycles. The van der Waals surface area contributed by atoms with Crippen molar-refractivity contribution >= 4 is 40.9 Å². The van der Waals surface area contributed by atoms with Crippen LogP contribution in [0, 0.1) is 11.3 Å². The average Bonchev–Trinajstić information content (AvgIpc) is 2.61. The summed E-state index contributed by atoms with van der Waals surface area (Å²) in [6, 6.07) is 15.9. The minimum Gasteiger partial charge on any atom is -0.452 e. The number of hydrogen-bond acceptors (Lipinski definition) is 5. The zero-order valence-corrected chi connectivity index (χ0v) is 14.5. The van der Waals surface area contributed by atoms with Crippen LogP contribution in [0.1, 0.15) is 5.56 Å². The fraction of sp³-hybridized carbons (Fsp3) is 0.0556. The van der Waals surface area contributed by atoms with Crippen LogP contribution in [0.4, 0.5) is 5.69 Å².